The van der Waals surface area contributed by atoms with Crippen LogP contribution in [-0.4, -0.2) is 16.9 Å². The Morgan fingerprint density at radius 2 is 1.43 bits per heavy atom. The fourth-order valence-corrected chi connectivity index (χ4v) is 6.64. The lowest BCUT2D eigenvalue weighted by atomic mass is 9.56. The molecule has 0 aromatic carbocycles. The topological polar surface area (TPSA) is 72.3 Å². The zero-order valence-electron chi connectivity index (χ0n) is 19.2. The summed E-state index contributed by atoms with van der Waals surface area (Å²) in [4.78, 5) is 0. The van der Waals surface area contributed by atoms with Crippen molar-refractivity contribution in [2.75, 3.05) is 0 Å². The van der Waals surface area contributed by atoms with Crippen LogP contribution in [0.5, 0.6) is 0 Å². The second kappa shape index (κ2) is 11.3. The minimum Gasteiger partial charge on any atom is -0.393 e. The van der Waals surface area contributed by atoms with E-state index in [0.29, 0.717) is 17.8 Å². The Balaban J connectivity index is 2.24. The molecule has 2 fully saturated rings. The Kier molecular flexibility index (Phi) is 9.76. The second-order valence-electron chi connectivity index (χ2n) is 10.5. The third kappa shape index (κ3) is 5.73. The van der Waals surface area contributed by atoms with Crippen molar-refractivity contribution in [3.63, 3.8) is 0 Å². The van der Waals surface area contributed by atoms with E-state index >= 15 is 0 Å². The van der Waals surface area contributed by atoms with E-state index in [2.05, 4.69) is 20.8 Å². The van der Waals surface area contributed by atoms with E-state index in [1.807, 2.05) is 0 Å². The van der Waals surface area contributed by atoms with Crippen LogP contribution in [0.15, 0.2) is 0 Å². The van der Waals surface area contributed by atoms with E-state index in [-0.39, 0.29) is 11.5 Å². The van der Waals surface area contributed by atoms with Crippen LogP contribution in [0.4, 0.5) is 0 Å². The molecule has 3 atom stereocenters. The molecule has 0 aliphatic heterocycles. The number of aliphatic hydroxyl groups excluding tert-OH is 1. The summed E-state index contributed by atoms with van der Waals surface area (Å²) in [6.07, 6.45) is 18.6. The molecule has 3 heteroatoms. The lowest BCUT2D eigenvalue weighted by Gasteiger charge is -2.54. The van der Waals surface area contributed by atoms with Crippen molar-refractivity contribution >= 4 is 0 Å². The number of hydrogen-bond donors (Lipinski definition) is 3. The summed E-state index contributed by atoms with van der Waals surface area (Å²) in [6, 6.07) is 0. The summed E-state index contributed by atoms with van der Waals surface area (Å²) in [5, 5.41) is 11.2. The van der Waals surface area contributed by atoms with Gasteiger partial charge in [0.1, 0.15) is 0 Å². The predicted octanol–water partition coefficient (Wildman–Crippen LogP) is 6.12. The molecule has 28 heavy (non-hydrogen) atoms. The summed E-state index contributed by atoms with van der Waals surface area (Å²) in [7, 11) is 0. The largest absolute Gasteiger partial charge is 0.393 e. The molecule has 2 rings (SSSR count). The van der Waals surface area contributed by atoms with Gasteiger partial charge in [-0.1, -0.05) is 78.6 Å². The maximum Gasteiger partial charge on any atom is 0.0727 e. The predicted molar refractivity (Wildman–Crippen MR) is 121 cm³/mol. The Bertz CT molecular complexity index is 426. The molecule has 0 heterocycles. The fourth-order valence-electron chi connectivity index (χ4n) is 6.64. The molecule has 166 valence electrons. The van der Waals surface area contributed by atoms with Crippen LogP contribution in [0.25, 0.3) is 0 Å². The van der Waals surface area contributed by atoms with Crippen LogP contribution in [-0.2, 0) is 0 Å². The van der Waals surface area contributed by atoms with E-state index in [9.17, 15) is 5.11 Å². The zero-order chi connectivity index (χ0) is 20.6. The Labute approximate surface area is 175 Å². The van der Waals surface area contributed by atoms with Crippen molar-refractivity contribution in [1.29, 1.82) is 0 Å². The first-order valence-corrected chi connectivity index (χ1v) is 12.6. The van der Waals surface area contributed by atoms with Gasteiger partial charge >= 0.3 is 0 Å². The third-order valence-electron chi connectivity index (χ3n) is 8.33. The van der Waals surface area contributed by atoms with Gasteiger partial charge in [0.15, 0.2) is 0 Å². The molecule has 2 aliphatic rings. The molecule has 0 radical (unpaired) electrons. The van der Waals surface area contributed by atoms with Gasteiger partial charge in [-0.25, -0.2) is 0 Å². The van der Waals surface area contributed by atoms with Crippen molar-refractivity contribution in [1.82, 2.24) is 0 Å². The van der Waals surface area contributed by atoms with Crippen molar-refractivity contribution < 1.29 is 5.11 Å². The minimum atomic E-state index is -0.638. The average Bonchev–Trinajstić information content (AvgIpc) is 3.37. The highest BCUT2D eigenvalue weighted by Gasteiger charge is 2.55. The van der Waals surface area contributed by atoms with Crippen LogP contribution in [0.1, 0.15) is 124 Å². The monoisotopic (exact) mass is 394 g/mol. The highest BCUT2D eigenvalue weighted by molar-refractivity contribution is 5.08. The molecule has 0 aromatic heterocycles. The van der Waals surface area contributed by atoms with Gasteiger partial charge in [-0.05, 0) is 62.7 Å². The van der Waals surface area contributed by atoms with E-state index < -0.39 is 5.66 Å². The summed E-state index contributed by atoms with van der Waals surface area (Å²) in [5.41, 5.74) is 13.6. The van der Waals surface area contributed by atoms with E-state index in [0.717, 1.165) is 19.3 Å². The maximum absolute atomic E-state index is 11.2. The van der Waals surface area contributed by atoms with Crippen LogP contribution >= 0.6 is 0 Å². The lowest BCUT2D eigenvalue weighted by Crippen LogP contribution is -2.69. The lowest BCUT2D eigenvalue weighted by molar-refractivity contribution is -0.0485. The summed E-state index contributed by atoms with van der Waals surface area (Å²) >= 11 is 0. The molecule has 2 saturated carbocycles. The minimum absolute atomic E-state index is 0.0988. The van der Waals surface area contributed by atoms with Gasteiger partial charge in [-0.15, -0.1) is 0 Å². The molecular formula is C25H50N2O. The molecule has 0 saturated heterocycles. The molecule has 0 aromatic rings. The summed E-state index contributed by atoms with van der Waals surface area (Å²) in [5.74, 6) is 1.60. The number of nitrogens with two attached hydrogens (primary N) is 2. The maximum atomic E-state index is 11.2. The highest BCUT2D eigenvalue weighted by atomic mass is 16.3. The van der Waals surface area contributed by atoms with Gasteiger partial charge in [0.05, 0.1) is 11.8 Å². The van der Waals surface area contributed by atoms with Crippen molar-refractivity contribution in [3.05, 3.63) is 0 Å². The smallest absolute Gasteiger partial charge is 0.0727 e. The number of hydrogen-bond acceptors (Lipinski definition) is 3. The standard InChI is InChI=1S/C25H50N2O/c1-4-6-12-20(3)18-23(28)19-24(17-7-5-2,21-13-8-9-14-21)25(26,27)22-15-10-11-16-22/h20-23,28H,4-19,26-27H2,1-3H3. The van der Waals surface area contributed by atoms with E-state index in [1.54, 1.807) is 0 Å². The first-order valence-electron chi connectivity index (χ1n) is 12.6. The average molecular weight is 395 g/mol. The van der Waals surface area contributed by atoms with Crippen molar-refractivity contribution in [2.45, 2.75) is 135 Å². The van der Waals surface area contributed by atoms with Gasteiger partial charge in [0.25, 0.3) is 0 Å². The van der Waals surface area contributed by atoms with Gasteiger partial charge in [0, 0.05) is 5.41 Å². The van der Waals surface area contributed by atoms with Crippen LogP contribution in [0.3, 0.4) is 0 Å². The molecule has 0 bridgehead atoms. The fraction of sp³-hybridized carbons (Fsp3) is 1.00. The van der Waals surface area contributed by atoms with Crippen LogP contribution in [0.2, 0.25) is 0 Å². The van der Waals surface area contributed by atoms with E-state index in [4.69, 9.17) is 11.5 Å². The van der Waals surface area contributed by atoms with Gasteiger partial charge < -0.3 is 16.6 Å². The number of aliphatic hydroxyl groups is 1. The molecule has 0 amide bonds. The quantitative estimate of drug-likeness (QED) is 0.329. The van der Waals surface area contributed by atoms with Crippen molar-refractivity contribution in [2.24, 2.45) is 34.6 Å². The van der Waals surface area contributed by atoms with Crippen LogP contribution < -0.4 is 11.5 Å². The first kappa shape index (κ1) is 24.2. The Hall–Kier alpha value is -0.120. The molecule has 5 N–H and O–H groups in total. The number of rotatable bonds is 13. The Morgan fingerprint density at radius 3 is 1.96 bits per heavy atom. The number of unbranched alkanes of at least 4 members (excludes halogenated alkanes) is 2. The summed E-state index contributed by atoms with van der Waals surface area (Å²) in [6.45, 7) is 6.82. The third-order valence-corrected chi connectivity index (χ3v) is 8.33. The molecule has 3 nitrogen and oxygen atoms in total. The van der Waals surface area contributed by atoms with Gasteiger partial charge in [-0.3, -0.25) is 0 Å². The molecule has 2 aliphatic carbocycles. The van der Waals surface area contributed by atoms with Crippen LogP contribution in [0, 0.1) is 23.2 Å². The van der Waals surface area contributed by atoms with Crippen molar-refractivity contribution in [3.8, 4) is 0 Å². The zero-order valence-corrected chi connectivity index (χ0v) is 19.2. The molecular weight excluding hydrogens is 344 g/mol. The van der Waals surface area contributed by atoms with Gasteiger partial charge in [0.2, 0.25) is 0 Å². The van der Waals surface area contributed by atoms with E-state index in [1.165, 1.54) is 83.5 Å². The molecule has 0 spiro atoms. The van der Waals surface area contributed by atoms with Gasteiger partial charge in [-0.2, -0.15) is 0 Å². The summed E-state index contributed by atoms with van der Waals surface area (Å²) < 4.78 is 0. The molecule has 3 unspecified atom stereocenters. The first-order chi connectivity index (χ1) is 13.4. The highest BCUT2D eigenvalue weighted by Crippen LogP contribution is 2.55. The SMILES string of the molecule is CCCCC(C)CC(O)CC(CCCC)(C1CCCC1)C(N)(N)C1CCCC1. The second-order valence-corrected chi connectivity index (χ2v) is 10.5. The normalized spacial score (nSPS) is 23.8. The Morgan fingerprint density at radius 1 is 0.893 bits per heavy atom.